The number of halogens is 1. The molecule has 0 aliphatic carbocycles. The summed E-state index contributed by atoms with van der Waals surface area (Å²) in [7, 11) is 0. The van der Waals surface area contributed by atoms with Gasteiger partial charge < -0.3 is 5.32 Å². The number of benzene rings is 1. The Morgan fingerprint density at radius 3 is 2.89 bits per heavy atom. The summed E-state index contributed by atoms with van der Waals surface area (Å²) in [5.41, 5.74) is 2.61. The Morgan fingerprint density at radius 2 is 2.16 bits per heavy atom. The summed E-state index contributed by atoms with van der Waals surface area (Å²) in [5, 5.41) is 5.37. The Balaban J connectivity index is 1.69. The third-order valence-corrected chi connectivity index (χ3v) is 5.14. The topological polar surface area (TPSA) is 29.1 Å². The van der Waals surface area contributed by atoms with Crippen molar-refractivity contribution in [1.29, 1.82) is 0 Å². The molecule has 0 bridgehead atoms. The quantitative estimate of drug-likeness (QED) is 0.932. The van der Waals surface area contributed by atoms with Crippen LogP contribution in [0.4, 0.5) is 0 Å². The van der Waals surface area contributed by atoms with Crippen LogP contribution in [0, 0.1) is 0 Å². The zero-order valence-electron chi connectivity index (χ0n) is 10.4. The van der Waals surface area contributed by atoms with Crippen molar-refractivity contribution in [1.82, 2.24) is 5.32 Å². The van der Waals surface area contributed by atoms with Crippen molar-refractivity contribution >= 4 is 33.0 Å². The molecular weight excluding hydrogens is 322 g/mol. The predicted octanol–water partition coefficient (Wildman–Crippen LogP) is 3.34. The second-order valence-corrected chi connectivity index (χ2v) is 6.69. The number of carbonyl (C=O) groups excluding carboxylic acids is 1. The standard InChI is InChI=1S/C15H14BrNOS/c16-12-6-13(19-9-12)7-15(18)14-5-10-3-1-2-4-11(10)8-17-14/h1-4,6,9,14,17H,5,7-8H2. The number of hydrogen-bond donors (Lipinski definition) is 1. The fourth-order valence-electron chi connectivity index (χ4n) is 2.42. The van der Waals surface area contributed by atoms with Gasteiger partial charge in [0.15, 0.2) is 5.78 Å². The van der Waals surface area contributed by atoms with Crippen LogP contribution in [0.2, 0.25) is 0 Å². The summed E-state index contributed by atoms with van der Waals surface area (Å²) in [6.45, 7) is 0.792. The van der Waals surface area contributed by atoms with Crippen molar-refractivity contribution in [3.05, 3.63) is 56.2 Å². The summed E-state index contributed by atoms with van der Waals surface area (Å²) >= 11 is 5.05. The molecule has 0 radical (unpaired) electrons. The van der Waals surface area contributed by atoms with E-state index < -0.39 is 0 Å². The monoisotopic (exact) mass is 335 g/mol. The van der Waals surface area contributed by atoms with Crippen LogP contribution in [-0.4, -0.2) is 11.8 Å². The van der Waals surface area contributed by atoms with E-state index in [1.165, 1.54) is 11.1 Å². The van der Waals surface area contributed by atoms with Crippen LogP contribution in [-0.2, 0) is 24.2 Å². The SMILES string of the molecule is O=C(Cc1cc(Br)cs1)C1Cc2ccccc2CN1. The number of Topliss-reactive ketones (excluding diaryl/α,β-unsaturated/α-hetero) is 1. The number of ketones is 1. The van der Waals surface area contributed by atoms with Crippen molar-refractivity contribution < 1.29 is 4.79 Å². The van der Waals surface area contributed by atoms with E-state index in [1.54, 1.807) is 11.3 Å². The van der Waals surface area contributed by atoms with E-state index in [1.807, 2.05) is 23.6 Å². The van der Waals surface area contributed by atoms with Crippen molar-refractivity contribution in [2.75, 3.05) is 0 Å². The molecule has 1 N–H and O–H groups in total. The number of fused-ring (bicyclic) bond motifs is 1. The second-order valence-electron chi connectivity index (χ2n) is 4.78. The summed E-state index contributed by atoms with van der Waals surface area (Å²) in [5.74, 6) is 0.281. The molecule has 1 atom stereocenters. The molecule has 1 aromatic heterocycles. The molecule has 1 aromatic carbocycles. The lowest BCUT2D eigenvalue weighted by atomic mass is 9.92. The number of rotatable bonds is 3. The maximum absolute atomic E-state index is 12.3. The third-order valence-electron chi connectivity index (χ3n) is 3.44. The zero-order chi connectivity index (χ0) is 13.2. The lowest BCUT2D eigenvalue weighted by molar-refractivity contribution is -0.120. The molecule has 4 heteroatoms. The molecule has 0 amide bonds. The molecule has 1 unspecified atom stereocenters. The Labute approximate surface area is 125 Å². The van der Waals surface area contributed by atoms with E-state index in [-0.39, 0.29) is 11.8 Å². The van der Waals surface area contributed by atoms with Gasteiger partial charge in [-0.25, -0.2) is 0 Å². The summed E-state index contributed by atoms with van der Waals surface area (Å²) in [4.78, 5) is 13.4. The molecule has 2 aromatic rings. The molecule has 98 valence electrons. The second kappa shape index (κ2) is 5.57. The summed E-state index contributed by atoms with van der Waals surface area (Å²) < 4.78 is 1.06. The average molecular weight is 336 g/mol. The van der Waals surface area contributed by atoms with Crippen LogP contribution in [0.3, 0.4) is 0 Å². The largest absolute Gasteiger partial charge is 0.303 e. The number of nitrogens with one attached hydrogen (secondary N) is 1. The minimum atomic E-state index is -0.0456. The maximum Gasteiger partial charge on any atom is 0.155 e. The highest BCUT2D eigenvalue weighted by atomic mass is 79.9. The minimum absolute atomic E-state index is 0.0456. The van der Waals surface area contributed by atoms with Crippen molar-refractivity contribution in [3.8, 4) is 0 Å². The molecular formula is C15H14BrNOS. The van der Waals surface area contributed by atoms with Crippen LogP contribution in [0.1, 0.15) is 16.0 Å². The first-order valence-electron chi connectivity index (χ1n) is 6.28. The highest BCUT2D eigenvalue weighted by molar-refractivity contribution is 9.10. The summed E-state index contributed by atoms with van der Waals surface area (Å²) in [6.07, 6.45) is 1.33. The summed E-state index contributed by atoms with van der Waals surface area (Å²) in [6, 6.07) is 10.3. The molecule has 0 fully saturated rings. The van der Waals surface area contributed by atoms with Crippen molar-refractivity contribution in [3.63, 3.8) is 0 Å². The first-order chi connectivity index (χ1) is 9.22. The molecule has 19 heavy (non-hydrogen) atoms. The van der Waals surface area contributed by atoms with Crippen LogP contribution < -0.4 is 5.32 Å². The van der Waals surface area contributed by atoms with E-state index in [2.05, 4.69) is 33.4 Å². The Morgan fingerprint density at radius 1 is 1.37 bits per heavy atom. The van der Waals surface area contributed by atoms with Gasteiger partial charge in [0, 0.05) is 27.7 Å². The van der Waals surface area contributed by atoms with Gasteiger partial charge in [0.1, 0.15) is 0 Å². The van der Waals surface area contributed by atoms with Crippen LogP contribution in [0.25, 0.3) is 0 Å². The van der Waals surface area contributed by atoms with E-state index in [0.29, 0.717) is 6.42 Å². The minimum Gasteiger partial charge on any atom is -0.303 e. The van der Waals surface area contributed by atoms with E-state index in [4.69, 9.17) is 0 Å². The van der Waals surface area contributed by atoms with Crippen LogP contribution in [0.5, 0.6) is 0 Å². The van der Waals surface area contributed by atoms with E-state index in [0.717, 1.165) is 22.3 Å². The van der Waals surface area contributed by atoms with E-state index >= 15 is 0 Å². The van der Waals surface area contributed by atoms with E-state index in [9.17, 15) is 4.79 Å². The normalized spacial score (nSPS) is 18.1. The molecule has 3 rings (SSSR count). The van der Waals surface area contributed by atoms with Crippen LogP contribution in [0.15, 0.2) is 40.2 Å². The van der Waals surface area contributed by atoms with Gasteiger partial charge in [0.2, 0.25) is 0 Å². The highest BCUT2D eigenvalue weighted by Gasteiger charge is 2.23. The molecule has 1 aliphatic rings. The Kier molecular flexibility index (Phi) is 3.82. The van der Waals surface area contributed by atoms with Crippen molar-refractivity contribution in [2.45, 2.75) is 25.4 Å². The molecule has 0 saturated carbocycles. The fourth-order valence-corrected chi connectivity index (χ4v) is 3.88. The van der Waals surface area contributed by atoms with Crippen molar-refractivity contribution in [2.24, 2.45) is 0 Å². The lowest BCUT2D eigenvalue weighted by Gasteiger charge is -2.25. The van der Waals surface area contributed by atoms with Gasteiger partial charge in [-0.1, -0.05) is 24.3 Å². The molecule has 2 nitrogen and oxygen atoms in total. The number of thiophene rings is 1. The Bertz CT molecular complexity index is 608. The van der Waals surface area contributed by atoms with Gasteiger partial charge >= 0.3 is 0 Å². The number of carbonyl (C=O) groups is 1. The molecule has 2 heterocycles. The van der Waals surface area contributed by atoms with Gasteiger partial charge in [0.05, 0.1) is 6.04 Å². The van der Waals surface area contributed by atoms with Gasteiger partial charge in [-0.3, -0.25) is 4.79 Å². The van der Waals surface area contributed by atoms with Gasteiger partial charge in [-0.05, 0) is 39.5 Å². The van der Waals surface area contributed by atoms with Gasteiger partial charge in [-0.2, -0.15) is 0 Å². The van der Waals surface area contributed by atoms with Gasteiger partial charge in [0.25, 0.3) is 0 Å². The van der Waals surface area contributed by atoms with Crippen LogP contribution >= 0.6 is 27.3 Å². The third kappa shape index (κ3) is 2.96. The predicted molar refractivity (Wildman–Crippen MR) is 81.5 cm³/mol. The first kappa shape index (κ1) is 13.0. The average Bonchev–Trinajstić information content (AvgIpc) is 2.83. The number of hydrogen-bond acceptors (Lipinski definition) is 3. The highest BCUT2D eigenvalue weighted by Crippen LogP contribution is 2.22. The molecule has 0 spiro atoms. The molecule has 0 saturated heterocycles. The smallest absolute Gasteiger partial charge is 0.155 e. The first-order valence-corrected chi connectivity index (χ1v) is 7.95. The Hall–Kier alpha value is -0.970. The fraction of sp³-hybridized carbons (Fsp3) is 0.267. The zero-order valence-corrected chi connectivity index (χ0v) is 12.8. The molecule has 1 aliphatic heterocycles. The lowest BCUT2D eigenvalue weighted by Crippen LogP contribution is -2.42. The maximum atomic E-state index is 12.3. The van der Waals surface area contributed by atoms with Gasteiger partial charge in [-0.15, -0.1) is 11.3 Å².